The molecule has 2 rings (SSSR count). The molecule has 0 bridgehead atoms. The lowest BCUT2D eigenvalue weighted by Crippen LogP contribution is -2.20. The van der Waals surface area contributed by atoms with E-state index in [0.29, 0.717) is 0 Å². The summed E-state index contributed by atoms with van der Waals surface area (Å²) in [5, 5.41) is 3.28. The van der Waals surface area contributed by atoms with Crippen LogP contribution in [0.1, 0.15) is 0 Å². The van der Waals surface area contributed by atoms with Crippen LogP contribution in [0.25, 0.3) is 11.5 Å². The minimum Gasteiger partial charge on any atom is -0.484 e. The number of benzene rings is 1. The molecule has 0 aliphatic heterocycles. The van der Waals surface area contributed by atoms with Crippen LogP contribution in [0.2, 0.25) is 0 Å². The number of aromatic nitrogens is 2. The minimum atomic E-state index is -4.59. The predicted octanol–water partition coefficient (Wildman–Crippen LogP) is 3.62. The van der Waals surface area contributed by atoms with Gasteiger partial charge in [-0.15, -0.1) is 0 Å². The highest BCUT2D eigenvalue weighted by atomic mass is 19.4. The van der Waals surface area contributed by atoms with Crippen molar-refractivity contribution in [1.29, 1.82) is 0 Å². The summed E-state index contributed by atoms with van der Waals surface area (Å²) in [7, 11) is 0. The molecule has 0 amide bonds. The fourth-order valence-electron chi connectivity index (χ4n) is 1.51. The Hall–Kier alpha value is -2.46. The third-order valence-corrected chi connectivity index (χ3v) is 2.34. The molecule has 0 fully saturated rings. The average molecular weight is 342 g/mol. The summed E-state index contributed by atoms with van der Waals surface area (Å²) < 4.78 is 86.9. The summed E-state index contributed by atoms with van der Waals surface area (Å²) in [6, 6.07) is 3.08. The first-order valence-corrected chi connectivity index (χ1v) is 5.94. The Labute approximate surface area is 124 Å². The van der Waals surface area contributed by atoms with Gasteiger partial charge in [0.15, 0.2) is 19.5 Å². The van der Waals surface area contributed by atoms with E-state index in [9.17, 15) is 26.3 Å². The van der Waals surface area contributed by atoms with Crippen molar-refractivity contribution in [1.82, 2.24) is 10.1 Å². The Morgan fingerprint density at radius 3 is 2.17 bits per heavy atom. The first-order chi connectivity index (χ1) is 10.6. The van der Waals surface area contributed by atoms with Gasteiger partial charge in [-0.25, -0.2) is 0 Å². The fourth-order valence-corrected chi connectivity index (χ4v) is 1.51. The van der Waals surface area contributed by atoms with Gasteiger partial charge in [-0.2, -0.15) is 31.3 Å². The van der Waals surface area contributed by atoms with Crippen molar-refractivity contribution in [2.24, 2.45) is 0 Å². The van der Waals surface area contributed by atoms with Gasteiger partial charge in [0.1, 0.15) is 11.5 Å². The zero-order valence-corrected chi connectivity index (χ0v) is 11.1. The van der Waals surface area contributed by atoms with Gasteiger partial charge in [0.05, 0.1) is 5.56 Å². The van der Waals surface area contributed by atoms with E-state index in [2.05, 4.69) is 19.6 Å². The van der Waals surface area contributed by atoms with E-state index >= 15 is 0 Å². The Morgan fingerprint density at radius 2 is 1.61 bits per heavy atom. The molecule has 23 heavy (non-hydrogen) atoms. The van der Waals surface area contributed by atoms with Crippen molar-refractivity contribution in [2.45, 2.75) is 12.4 Å². The van der Waals surface area contributed by atoms with Crippen molar-refractivity contribution >= 4 is 0 Å². The lowest BCUT2D eigenvalue weighted by atomic mass is 10.2. The number of ether oxygens (including phenoxy) is 2. The molecule has 0 spiro atoms. The smallest absolute Gasteiger partial charge is 0.422 e. The Bertz CT molecular complexity index is 639. The van der Waals surface area contributed by atoms with E-state index in [1.54, 1.807) is 0 Å². The fraction of sp³-hybridized carbons (Fsp3) is 0.333. The summed E-state index contributed by atoms with van der Waals surface area (Å²) in [6.45, 7) is -3.14. The van der Waals surface area contributed by atoms with E-state index in [0.717, 1.165) is 24.5 Å². The zero-order valence-electron chi connectivity index (χ0n) is 11.1. The molecule has 2 aromatic rings. The molecule has 0 unspecified atom stereocenters. The van der Waals surface area contributed by atoms with Crippen molar-refractivity contribution in [2.75, 3.05) is 13.2 Å². The maximum absolute atomic E-state index is 12.2. The normalized spacial score (nSPS) is 12.3. The van der Waals surface area contributed by atoms with Crippen molar-refractivity contribution < 1.29 is 40.3 Å². The summed E-state index contributed by atoms with van der Waals surface area (Å²) >= 11 is 0. The topological polar surface area (TPSA) is 57.4 Å². The third kappa shape index (κ3) is 5.34. The molecular weight excluding hydrogens is 334 g/mol. The number of hydrogen-bond acceptors (Lipinski definition) is 5. The number of alkyl halides is 6. The molecule has 0 radical (unpaired) electrons. The highest BCUT2D eigenvalue weighted by molar-refractivity contribution is 5.64. The van der Waals surface area contributed by atoms with Crippen molar-refractivity contribution in [3.05, 3.63) is 24.5 Å². The molecule has 0 N–H and O–H groups in total. The molecule has 0 saturated heterocycles. The van der Waals surface area contributed by atoms with E-state index < -0.39 is 25.6 Å². The largest absolute Gasteiger partial charge is 0.484 e. The molecule has 1 heterocycles. The second-order valence-electron chi connectivity index (χ2n) is 4.21. The summed E-state index contributed by atoms with van der Waals surface area (Å²) in [6.07, 6.45) is -8.17. The second-order valence-corrected chi connectivity index (χ2v) is 4.21. The number of hydrogen-bond donors (Lipinski definition) is 0. The molecule has 0 atom stereocenters. The summed E-state index contributed by atoms with van der Waals surface area (Å²) in [5.74, 6) is -0.750. The van der Waals surface area contributed by atoms with Gasteiger partial charge in [0.25, 0.3) is 5.89 Å². The van der Waals surface area contributed by atoms with Crippen LogP contribution in [0.4, 0.5) is 26.3 Å². The highest BCUT2D eigenvalue weighted by Gasteiger charge is 2.30. The Balaban J connectivity index is 2.25. The van der Waals surface area contributed by atoms with Crippen LogP contribution in [-0.4, -0.2) is 35.7 Å². The van der Waals surface area contributed by atoms with E-state index in [-0.39, 0.29) is 23.0 Å². The molecule has 11 heteroatoms. The molecule has 1 aromatic carbocycles. The van der Waals surface area contributed by atoms with Gasteiger partial charge in [-0.1, -0.05) is 5.16 Å². The number of rotatable bonds is 5. The predicted molar refractivity (Wildman–Crippen MR) is 62.8 cm³/mol. The van der Waals surface area contributed by atoms with Crippen LogP contribution in [-0.2, 0) is 0 Å². The quantitative estimate of drug-likeness (QED) is 0.777. The second kappa shape index (κ2) is 6.34. The van der Waals surface area contributed by atoms with Gasteiger partial charge in [-0.05, 0) is 18.2 Å². The van der Waals surface area contributed by atoms with Crippen LogP contribution in [0.5, 0.6) is 11.5 Å². The lowest BCUT2D eigenvalue weighted by Gasteiger charge is -2.14. The number of nitrogens with zero attached hydrogens (tertiary/aromatic N) is 2. The standard InChI is InChI=1S/C12H8F6N2O3/c13-11(14,15)4-21-7-1-2-9(22-5-12(16,17)18)8(3-7)10-19-6-20-23-10/h1-3,6H,4-5H2. The molecule has 126 valence electrons. The first kappa shape index (κ1) is 16.9. The minimum absolute atomic E-state index is 0.119. The van der Waals surface area contributed by atoms with Gasteiger partial charge >= 0.3 is 12.4 Å². The maximum Gasteiger partial charge on any atom is 0.422 e. The number of halogens is 6. The highest BCUT2D eigenvalue weighted by Crippen LogP contribution is 2.33. The van der Waals surface area contributed by atoms with Gasteiger partial charge in [0.2, 0.25) is 0 Å². The monoisotopic (exact) mass is 342 g/mol. The Morgan fingerprint density at radius 1 is 0.957 bits per heavy atom. The van der Waals surface area contributed by atoms with Crippen LogP contribution in [0.3, 0.4) is 0 Å². The van der Waals surface area contributed by atoms with Gasteiger partial charge in [0, 0.05) is 0 Å². The molecular formula is C12H8F6N2O3. The van der Waals surface area contributed by atoms with Crippen LogP contribution < -0.4 is 9.47 Å². The summed E-state index contributed by atoms with van der Waals surface area (Å²) in [5.41, 5.74) is -0.119. The third-order valence-electron chi connectivity index (χ3n) is 2.34. The summed E-state index contributed by atoms with van der Waals surface area (Å²) in [4.78, 5) is 3.62. The molecule has 5 nitrogen and oxygen atoms in total. The molecule has 0 aliphatic carbocycles. The van der Waals surface area contributed by atoms with Crippen LogP contribution >= 0.6 is 0 Å². The van der Waals surface area contributed by atoms with E-state index in [1.165, 1.54) is 0 Å². The van der Waals surface area contributed by atoms with Crippen molar-refractivity contribution in [3.63, 3.8) is 0 Å². The zero-order chi connectivity index (χ0) is 17.1. The van der Waals surface area contributed by atoms with E-state index in [1.807, 2.05) is 0 Å². The SMILES string of the molecule is FC(F)(F)COc1ccc(OCC(F)(F)F)c(-c2ncno2)c1. The average Bonchev–Trinajstić information content (AvgIpc) is 2.95. The van der Waals surface area contributed by atoms with Gasteiger partial charge in [-0.3, -0.25) is 0 Å². The Kier molecular flexibility index (Phi) is 4.66. The molecule has 0 aliphatic rings. The van der Waals surface area contributed by atoms with Crippen molar-refractivity contribution in [3.8, 4) is 23.0 Å². The lowest BCUT2D eigenvalue weighted by molar-refractivity contribution is -0.154. The van der Waals surface area contributed by atoms with Gasteiger partial charge < -0.3 is 14.0 Å². The first-order valence-electron chi connectivity index (χ1n) is 5.94. The van der Waals surface area contributed by atoms with E-state index in [4.69, 9.17) is 4.52 Å². The molecule has 1 aromatic heterocycles. The van der Waals surface area contributed by atoms with Crippen LogP contribution in [0.15, 0.2) is 29.0 Å². The van der Waals surface area contributed by atoms with Crippen LogP contribution in [0, 0.1) is 0 Å². The molecule has 0 saturated carbocycles. The maximum atomic E-state index is 12.2.